The molecule has 0 spiro atoms. The van der Waals surface area contributed by atoms with Gasteiger partial charge in [-0.2, -0.15) is 13.2 Å². The van der Waals surface area contributed by atoms with Crippen molar-refractivity contribution in [1.29, 1.82) is 0 Å². The van der Waals surface area contributed by atoms with Crippen molar-refractivity contribution in [2.75, 3.05) is 26.3 Å². The number of halogens is 3. The van der Waals surface area contributed by atoms with Crippen molar-refractivity contribution in [2.24, 2.45) is 0 Å². The van der Waals surface area contributed by atoms with Gasteiger partial charge in [0.2, 0.25) is 5.76 Å². The lowest BCUT2D eigenvalue weighted by Crippen LogP contribution is -2.41. The van der Waals surface area contributed by atoms with Crippen LogP contribution >= 0.6 is 0 Å². The van der Waals surface area contributed by atoms with Gasteiger partial charge in [0.15, 0.2) is 0 Å². The summed E-state index contributed by atoms with van der Waals surface area (Å²) in [4.78, 5) is 13.2. The van der Waals surface area contributed by atoms with Crippen LogP contribution in [0.1, 0.15) is 16.1 Å². The Labute approximate surface area is 94.9 Å². The molecule has 1 aromatic rings. The number of nitrogens with zero attached hydrogens (tertiary/aromatic N) is 1. The Morgan fingerprint density at radius 1 is 1.29 bits per heavy atom. The van der Waals surface area contributed by atoms with Gasteiger partial charge in [0, 0.05) is 13.1 Å². The predicted molar refractivity (Wildman–Crippen MR) is 50.4 cm³/mol. The number of carbonyl (C=O) groups is 1. The Morgan fingerprint density at radius 2 is 1.94 bits per heavy atom. The molecule has 1 aliphatic heterocycles. The Kier molecular flexibility index (Phi) is 3.10. The van der Waals surface area contributed by atoms with Crippen molar-refractivity contribution in [3.63, 3.8) is 0 Å². The fraction of sp³-hybridized carbons (Fsp3) is 0.500. The number of rotatable bonds is 1. The average Bonchev–Trinajstić information content (AvgIpc) is 2.78. The standard InChI is InChI=1S/C10H10F3NO3/c11-10(12,13)8-7(1-4-17-8)9(15)14-2-5-16-6-3-14/h1,4H,2-3,5-6H2. The third-order valence-corrected chi connectivity index (χ3v) is 2.45. The van der Waals surface area contributed by atoms with Crippen molar-refractivity contribution in [3.8, 4) is 0 Å². The van der Waals surface area contributed by atoms with E-state index in [-0.39, 0.29) is 0 Å². The Bertz CT molecular complexity index is 407. The Morgan fingerprint density at radius 3 is 2.53 bits per heavy atom. The van der Waals surface area contributed by atoms with E-state index in [9.17, 15) is 18.0 Å². The molecule has 0 radical (unpaired) electrons. The van der Waals surface area contributed by atoms with Crippen LogP contribution in [0.15, 0.2) is 16.7 Å². The first-order chi connectivity index (χ1) is 8.00. The number of alkyl halides is 3. The lowest BCUT2D eigenvalue weighted by Gasteiger charge is -2.26. The van der Waals surface area contributed by atoms with E-state index in [1.807, 2.05) is 0 Å². The molecule has 0 N–H and O–H groups in total. The first kappa shape index (κ1) is 12.0. The molecule has 2 heterocycles. The lowest BCUT2D eigenvalue weighted by molar-refractivity contribution is -0.153. The monoisotopic (exact) mass is 249 g/mol. The SMILES string of the molecule is O=C(c1ccoc1C(F)(F)F)N1CCOCC1. The van der Waals surface area contributed by atoms with Gasteiger partial charge in [0.05, 0.1) is 25.0 Å². The number of furan rings is 1. The summed E-state index contributed by atoms with van der Waals surface area (Å²) in [6.45, 7) is 1.26. The number of ether oxygens (including phenoxy) is 1. The fourth-order valence-corrected chi connectivity index (χ4v) is 1.63. The first-order valence-corrected chi connectivity index (χ1v) is 5.02. The van der Waals surface area contributed by atoms with Crippen LogP contribution in [-0.4, -0.2) is 37.1 Å². The zero-order valence-electron chi connectivity index (χ0n) is 8.79. The highest BCUT2D eigenvalue weighted by Gasteiger charge is 2.40. The van der Waals surface area contributed by atoms with Gasteiger partial charge in [-0.25, -0.2) is 0 Å². The van der Waals surface area contributed by atoms with Crippen molar-refractivity contribution in [3.05, 3.63) is 23.7 Å². The summed E-state index contributed by atoms with van der Waals surface area (Å²) < 4.78 is 46.9. The Balaban J connectivity index is 2.22. The third-order valence-electron chi connectivity index (χ3n) is 2.45. The van der Waals surface area contributed by atoms with E-state index >= 15 is 0 Å². The van der Waals surface area contributed by atoms with Crippen LogP contribution < -0.4 is 0 Å². The van der Waals surface area contributed by atoms with Gasteiger partial charge in [0.25, 0.3) is 5.91 Å². The summed E-state index contributed by atoms with van der Waals surface area (Å²) in [6.07, 6.45) is -3.78. The summed E-state index contributed by atoms with van der Waals surface area (Å²) >= 11 is 0. The average molecular weight is 249 g/mol. The summed E-state index contributed by atoms with van der Waals surface area (Å²) in [6, 6.07) is 1.04. The first-order valence-electron chi connectivity index (χ1n) is 5.02. The molecule has 1 saturated heterocycles. The molecule has 0 bridgehead atoms. The molecule has 1 fully saturated rings. The number of hydrogen-bond acceptors (Lipinski definition) is 3. The molecule has 4 nitrogen and oxygen atoms in total. The zero-order chi connectivity index (χ0) is 12.5. The summed E-state index contributed by atoms with van der Waals surface area (Å²) in [5, 5.41) is 0. The van der Waals surface area contributed by atoms with E-state index in [2.05, 4.69) is 4.42 Å². The maximum atomic E-state index is 12.5. The van der Waals surface area contributed by atoms with Gasteiger partial charge in [-0.1, -0.05) is 0 Å². The fourth-order valence-electron chi connectivity index (χ4n) is 1.63. The normalized spacial score (nSPS) is 17.2. The van der Waals surface area contributed by atoms with Crippen molar-refractivity contribution < 1.29 is 27.1 Å². The minimum absolute atomic E-state index is 0.293. The predicted octanol–water partition coefficient (Wildman–Crippen LogP) is 1.77. The lowest BCUT2D eigenvalue weighted by atomic mass is 10.2. The second-order valence-electron chi connectivity index (χ2n) is 3.57. The van der Waals surface area contributed by atoms with Crippen LogP contribution in [0.4, 0.5) is 13.2 Å². The van der Waals surface area contributed by atoms with Gasteiger partial charge >= 0.3 is 6.18 Å². The van der Waals surface area contributed by atoms with E-state index in [0.717, 1.165) is 12.3 Å². The molecule has 0 saturated carbocycles. The second kappa shape index (κ2) is 4.40. The van der Waals surface area contributed by atoms with E-state index in [0.29, 0.717) is 26.3 Å². The second-order valence-corrected chi connectivity index (χ2v) is 3.57. The zero-order valence-corrected chi connectivity index (χ0v) is 8.79. The maximum Gasteiger partial charge on any atom is 0.450 e. The topological polar surface area (TPSA) is 42.7 Å². The van der Waals surface area contributed by atoms with Crippen LogP contribution in [0.5, 0.6) is 0 Å². The molecule has 0 unspecified atom stereocenters. The van der Waals surface area contributed by atoms with Gasteiger partial charge < -0.3 is 14.1 Å². The third kappa shape index (κ3) is 2.44. The largest absolute Gasteiger partial charge is 0.459 e. The number of amides is 1. The molecule has 2 rings (SSSR count). The smallest absolute Gasteiger partial charge is 0.450 e. The Hall–Kier alpha value is -1.50. The van der Waals surface area contributed by atoms with Crippen LogP contribution in [-0.2, 0) is 10.9 Å². The highest BCUT2D eigenvalue weighted by Crippen LogP contribution is 2.33. The molecule has 0 aromatic carbocycles. The molecule has 0 aliphatic carbocycles. The van der Waals surface area contributed by atoms with Crippen LogP contribution in [0, 0.1) is 0 Å². The molecule has 1 aromatic heterocycles. The number of hydrogen-bond donors (Lipinski definition) is 0. The molecule has 7 heteroatoms. The summed E-state index contributed by atoms with van der Waals surface area (Å²) in [5.41, 5.74) is -0.445. The maximum absolute atomic E-state index is 12.5. The van der Waals surface area contributed by atoms with Crippen LogP contribution in [0.2, 0.25) is 0 Å². The minimum atomic E-state index is -4.65. The van der Waals surface area contributed by atoms with E-state index in [1.54, 1.807) is 0 Å². The van der Waals surface area contributed by atoms with Gasteiger partial charge in [-0.05, 0) is 6.07 Å². The van der Waals surface area contributed by atoms with E-state index in [1.165, 1.54) is 4.90 Å². The molecular weight excluding hydrogens is 239 g/mol. The molecule has 1 amide bonds. The highest BCUT2D eigenvalue weighted by molar-refractivity contribution is 5.95. The molecule has 94 valence electrons. The van der Waals surface area contributed by atoms with E-state index in [4.69, 9.17) is 4.74 Å². The molecule has 0 atom stereocenters. The van der Waals surface area contributed by atoms with Gasteiger partial charge in [-0.3, -0.25) is 4.79 Å². The van der Waals surface area contributed by atoms with Crippen molar-refractivity contribution in [2.45, 2.75) is 6.18 Å². The summed E-state index contributed by atoms with van der Waals surface area (Å²) in [5.74, 6) is -1.91. The van der Waals surface area contributed by atoms with Gasteiger partial charge in [0.1, 0.15) is 0 Å². The molecular formula is C10H10F3NO3. The quantitative estimate of drug-likeness (QED) is 0.761. The molecule has 1 aliphatic rings. The highest BCUT2D eigenvalue weighted by atomic mass is 19.4. The molecule has 17 heavy (non-hydrogen) atoms. The number of carbonyl (C=O) groups excluding carboxylic acids is 1. The van der Waals surface area contributed by atoms with Crippen molar-refractivity contribution >= 4 is 5.91 Å². The minimum Gasteiger partial charge on any atom is -0.459 e. The number of morpholine rings is 1. The van der Waals surface area contributed by atoms with Crippen molar-refractivity contribution in [1.82, 2.24) is 4.90 Å². The van der Waals surface area contributed by atoms with Crippen LogP contribution in [0.25, 0.3) is 0 Å². The van der Waals surface area contributed by atoms with E-state index < -0.39 is 23.4 Å². The van der Waals surface area contributed by atoms with Crippen LogP contribution in [0.3, 0.4) is 0 Å². The summed E-state index contributed by atoms with van der Waals surface area (Å²) in [7, 11) is 0. The van der Waals surface area contributed by atoms with Gasteiger partial charge in [-0.15, -0.1) is 0 Å².